The number of hydrogen-bond donors (Lipinski definition) is 1. The van der Waals surface area contributed by atoms with Crippen LogP contribution in [0.5, 0.6) is 5.75 Å². The Hall–Kier alpha value is -2.49. The van der Waals surface area contributed by atoms with Gasteiger partial charge in [0.1, 0.15) is 12.4 Å². The van der Waals surface area contributed by atoms with Gasteiger partial charge >= 0.3 is 0 Å². The van der Waals surface area contributed by atoms with E-state index in [1.54, 1.807) is 0 Å². The van der Waals surface area contributed by atoms with Crippen LogP contribution in [0, 0.1) is 5.41 Å². The van der Waals surface area contributed by atoms with Crippen LogP contribution in [-0.2, 0) is 6.61 Å². The predicted octanol–water partition coefficient (Wildman–Crippen LogP) is 4.33. The van der Waals surface area contributed by atoms with Crippen LogP contribution >= 0.6 is 0 Å². The van der Waals surface area contributed by atoms with E-state index in [4.69, 9.17) is 9.94 Å². The average molecular weight is 324 g/mol. The van der Waals surface area contributed by atoms with Gasteiger partial charge in [0, 0.05) is 30.6 Å². The summed E-state index contributed by atoms with van der Waals surface area (Å²) < 4.78 is 5.84. The molecule has 126 valence electrons. The number of anilines is 1. The summed E-state index contributed by atoms with van der Waals surface area (Å²) in [6.45, 7) is 6.52. The Morgan fingerprint density at radius 1 is 1.08 bits per heavy atom. The second-order valence-electron chi connectivity index (χ2n) is 6.87. The van der Waals surface area contributed by atoms with Crippen molar-refractivity contribution in [3.63, 3.8) is 0 Å². The highest BCUT2D eigenvalue weighted by atomic mass is 16.5. The van der Waals surface area contributed by atoms with Gasteiger partial charge in [0.25, 0.3) is 0 Å². The van der Waals surface area contributed by atoms with Gasteiger partial charge in [-0.2, -0.15) is 0 Å². The first-order valence-electron chi connectivity index (χ1n) is 8.32. The summed E-state index contributed by atoms with van der Waals surface area (Å²) in [5.41, 5.74) is 3.10. The maximum atomic E-state index is 9.13. The van der Waals surface area contributed by atoms with Gasteiger partial charge in [-0.1, -0.05) is 49.3 Å². The first-order chi connectivity index (χ1) is 11.6. The molecular formula is C20H24N2O2. The molecule has 1 saturated heterocycles. The fourth-order valence-electron chi connectivity index (χ4n) is 3.13. The van der Waals surface area contributed by atoms with Crippen LogP contribution in [0.4, 0.5) is 5.69 Å². The van der Waals surface area contributed by atoms with Crippen LogP contribution in [0.25, 0.3) is 0 Å². The van der Waals surface area contributed by atoms with Crippen molar-refractivity contribution in [2.75, 3.05) is 18.0 Å². The van der Waals surface area contributed by atoms with Crippen molar-refractivity contribution in [2.45, 2.75) is 26.9 Å². The maximum absolute atomic E-state index is 9.13. The van der Waals surface area contributed by atoms with Crippen LogP contribution < -0.4 is 9.64 Å². The lowest BCUT2D eigenvalue weighted by atomic mass is 9.82. The summed E-state index contributed by atoms with van der Waals surface area (Å²) in [5, 5.41) is 12.6. The second kappa shape index (κ2) is 6.95. The number of hydrogen-bond acceptors (Lipinski definition) is 4. The molecule has 0 radical (unpaired) electrons. The van der Waals surface area contributed by atoms with Crippen LogP contribution in [0.15, 0.2) is 59.8 Å². The minimum Gasteiger partial charge on any atom is -0.489 e. The van der Waals surface area contributed by atoms with Crippen LogP contribution in [0.3, 0.4) is 0 Å². The fraction of sp³-hybridized carbons (Fsp3) is 0.350. The van der Waals surface area contributed by atoms with E-state index in [1.807, 2.05) is 30.3 Å². The third-order valence-corrected chi connectivity index (χ3v) is 4.56. The maximum Gasteiger partial charge on any atom is 0.119 e. The topological polar surface area (TPSA) is 45.1 Å². The van der Waals surface area contributed by atoms with E-state index in [-0.39, 0.29) is 5.41 Å². The van der Waals surface area contributed by atoms with Gasteiger partial charge in [-0.15, -0.1) is 0 Å². The van der Waals surface area contributed by atoms with Crippen LogP contribution in [0.1, 0.15) is 25.8 Å². The molecule has 0 aromatic heterocycles. The molecule has 4 nitrogen and oxygen atoms in total. The van der Waals surface area contributed by atoms with Gasteiger partial charge < -0.3 is 14.8 Å². The lowest BCUT2D eigenvalue weighted by Gasteiger charge is -2.39. The number of benzene rings is 2. The molecule has 0 spiro atoms. The van der Waals surface area contributed by atoms with E-state index in [2.05, 4.69) is 48.2 Å². The molecule has 4 heteroatoms. The number of piperidine rings is 1. The average Bonchev–Trinajstić information content (AvgIpc) is 2.60. The van der Waals surface area contributed by atoms with Gasteiger partial charge in [-0.25, -0.2) is 0 Å². The Morgan fingerprint density at radius 2 is 1.79 bits per heavy atom. The third-order valence-electron chi connectivity index (χ3n) is 4.56. The SMILES string of the molecule is CC1(C)CN(c2ccc(OCc3ccccc3)cc2)CCC1=NO. The van der Waals surface area contributed by atoms with E-state index in [0.29, 0.717) is 6.61 Å². The van der Waals surface area contributed by atoms with Crippen molar-refractivity contribution < 1.29 is 9.94 Å². The second-order valence-corrected chi connectivity index (χ2v) is 6.87. The predicted molar refractivity (Wildman–Crippen MR) is 97.0 cm³/mol. The van der Waals surface area contributed by atoms with Crippen molar-refractivity contribution in [3.05, 3.63) is 60.2 Å². The van der Waals surface area contributed by atoms with Gasteiger partial charge in [0.15, 0.2) is 0 Å². The van der Waals surface area contributed by atoms with Gasteiger partial charge in [0.05, 0.1) is 5.71 Å². The molecule has 0 saturated carbocycles. The first-order valence-corrected chi connectivity index (χ1v) is 8.32. The number of nitrogens with zero attached hydrogens (tertiary/aromatic N) is 2. The first kappa shape index (κ1) is 16.4. The summed E-state index contributed by atoms with van der Waals surface area (Å²) in [7, 11) is 0. The van der Waals surface area contributed by atoms with Crippen LogP contribution in [-0.4, -0.2) is 24.0 Å². The zero-order valence-electron chi connectivity index (χ0n) is 14.3. The highest BCUT2D eigenvalue weighted by molar-refractivity contribution is 5.91. The lowest BCUT2D eigenvalue weighted by molar-refractivity contribution is 0.303. The van der Waals surface area contributed by atoms with Gasteiger partial charge in [-0.3, -0.25) is 0 Å². The Bertz CT molecular complexity index is 693. The van der Waals surface area contributed by atoms with Gasteiger partial charge in [0.2, 0.25) is 0 Å². The summed E-state index contributed by atoms with van der Waals surface area (Å²) in [6.07, 6.45) is 0.787. The summed E-state index contributed by atoms with van der Waals surface area (Å²) in [6, 6.07) is 18.4. The van der Waals surface area contributed by atoms with Crippen molar-refractivity contribution in [3.8, 4) is 5.75 Å². The van der Waals surface area contributed by atoms with Crippen molar-refractivity contribution in [1.29, 1.82) is 0 Å². The third kappa shape index (κ3) is 3.70. The smallest absolute Gasteiger partial charge is 0.119 e. The molecule has 1 aliphatic heterocycles. The van der Waals surface area contributed by atoms with E-state index in [9.17, 15) is 0 Å². The van der Waals surface area contributed by atoms with E-state index in [0.717, 1.165) is 36.5 Å². The molecule has 1 N–H and O–H groups in total. The lowest BCUT2D eigenvalue weighted by Crippen LogP contribution is -2.46. The minimum atomic E-state index is -0.116. The molecule has 0 amide bonds. The van der Waals surface area contributed by atoms with Crippen molar-refractivity contribution in [1.82, 2.24) is 0 Å². The zero-order valence-corrected chi connectivity index (χ0v) is 14.3. The normalized spacial score (nSPS) is 18.6. The zero-order chi connectivity index (χ0) is 17.0. The quantitative estimate of drug-likeness (QED) is 0.672. The Morgan fingerprint density at radius 3 is 2.42 bits per heavy atom. The molecule has 0 aliphatic carbocycles. The molecule has 3 rings (SSSR count). The summed E-state index contributed by atoms with van der Waals surface area (Å²) >= 11 is 0. The Balaban J connectivity index is 1.62. The number of ether oxygens (including phenoxy) is 1. The Kier molecular flexibility index (Phi) is 4.74. The molecule has 1 fully saturated rings. The van der Waals surface area contributed by atoms with Crippen molar-refractivity contribution >= 4 is 11.4 Å². The van der Waals surface area contributed by atoms with E-state index >= 15 is 0 Å². The molecule has 0 bridgehead atoms. The molecule has 1 aliphatic rings. The molecule has 2 aromatic rings. The molecule has 0 atom stereocenters. The van der Waals surface area contributed by atoms with Crippen molar-refractivity contribution in [2.24, 2.45) is 10.6 Å². The summed E-state index contributed by atoms with van der Waals surface area (Å²) in [5.74, 6) is 0.872. The van der Waals surface area contributed by atoms with Gasteiger partial charge in [-0.05, 0) is 29.8 Å². The molecular weight excluding hydrogens is 300 g/mol. The highest BCUT2D eigenvalue weighted by Gasteiger charge is 2.33. The number of rotatable bonds is 4. The Labute approximate surface area is 143 Å². The largest absolute Gasteiger partial charge is 0.489 e. The molecule has 1 heterocycles. The highest BCUT2D eigenvalue weighted by Crippen LogP contribution is 2.30. The molecule has 24 heavy (non-hydrogen) atoms. The van der Waals surface area contributed by atoms with E-state index < -0.39 is 0 Å². The minimum absolute atomic E-state index is 0.116. The molecule has 0 unspecified atom stereocenters. The number of oxime groups is 1. The molecule has 2 aromatic carbocycles. The monoisotopic (exact) mass is 324 g/mol. The standard InChI is InChI=1S/C20H24N2O2/c1-20(2)15-22(13-12-19(20)21-23)17-8-10-18(11-9-17)24-14-16-6-4-3-5-7-16/h3-11,23H,12-15H2,1-2H3. The fourth-order valence-corrected chi connectivity index (χ4v) is 3.13. The van der Waals surface area contributed by atoms with E-state index in [1.165, 1.54) is 5.69 Å². The summed E-state index contributed by atoms with van der Waals surface area (Å²) in [4.78, 5) is 2.33. The van der Waals surface area contributed by atoms with Crippen LogP contribution in [0.2, 0.25) is 0 Å².